The van der Waals surface area contributed by atoms with Gasteiger partial charge in [0, 0.05) is 35.7 Å². The van der Waals surface area contributed by atoms with Gasteiger partial charge >= 0.3 is 29.6 Å². The van der Waals surface area contributed by atoms with E-state index in [9.17, 15) is 4.21 Å². The number of para-hydroxylation sites is 2. The van der Waals surface area contributed by atoms with Gasteiger partial charge in [-0.2, -0.15) is 0 Å². The second kappa shape index (κ2) is 10.9. The van der Waals surface area contributed by atoms with E-state index in [0.29, 0.717) is 43.9 Å². The predicted octanol–water partition coefficient (Wildman–Crippen LogP) is -0.244. The van der Waals surface area contributed by atoms with Gasteiger partial charge in [0.05, 0.1) is 55.3 Å². The Morgan fingerprint density at radius 2 is 1.94 bits per heavy atom. The Kier molecular flexibility index (Phi) is 8.22. The first kappa shape index (κ1) is 24.8. The molecule has 0 bridgehead atoms. The van der Waals surface area contributed by atoms with Crippen LogP contribution in [0.4, 0.5) is 0 Å². The van der Waals surface area contributed by atoms with E-state index in [1.165, 1.54) is 0 Å². The molecule has 1 unspecified atom stereocenters. The number of rotatable bonds is 6. The van der Waals surface area contributed by atoms with Crippen LogP contribution in [0.2, 0.25) is 0 Å². The van der Waals surface area contributed by atoms with Crippen LogP contribution in [-0.2, 0) is 30.8 Å². The smallest absolute Gasteiger partial charge is 0.493 e. The molecule has 0 saturated carbocycles. The number of pyridine rings is 1. The topological polar surface area (TPSA) is 93.9 Å². The van der Waals surface area contributed by atoms with Crippen LogP contribution in [0.5, 0.6) is 5.75 Å². The van der Waals surface area contributed by atoms with Crippen LogP contribution in [0.15, 0.2) is 41.7 Å². The number of aromatic nitrogens is 3. The van der Waals surface area contributed by atoms with Gasteiger partial charge in [-0.1, -0.05) is 24.3 Å². The number of fused-ring (bicyclic) bond motifs is 1. The fraction of sp³-hybridized carbons (Fsp3) is 0.478. The number of benzene rings is 1. The van der Waals surface area contributed by atoms with E-state index in [4.69, 9.17) is 18.9 Å². The molecule has 10 heteroatoms. The molecule has 4 heterocycles. The molecule has 0 amide bonds. The molecule has 2 aliphatic rings. The molecule has 0 radical (unpaired) electrons. The van der Waals surface area contributed by atoms with Crippen LogP contribution in [0.25, 0.3) is 11.0 Å². The second-order valence-electron chi connectivity index (χ2n) is 8.19. The van der Waals surface area contributed by atoms with E-state index in [0.717, 1.165) is 35.2 Å². The predicted molar refractivity (Wildman–Crippen MR) is 118 cm³/mol. The normalized spacial score (nSPS) is 19.3. The van der Waals surface area contributed by atoms with E-state index in [1.807, 2.05) is 37.3 Å². The Bertz CT molecular complexity index is 1080. The SMILES string of the molecule is Cc1c(OCC2COC3(CCOCC3)OC2)ccnc1CS(=O)c1nc2ccccc2[n-]1.[Na+]. The van der Waals surface area contributed by atoms with Crippen LogP contribution in [-0.4, -0.2) is 53.0 Å². The van der Waals surface area contributed by atoms with Crippen molar-refractivity contribution < 1.29 is 52.7 Å². The van der Waals surface area contributed by atoms with Gasteiger partial charge in [0.1, 0.15) is 5.75 Å². The zero-order valence-electron chi connectivity index (χ0n) is 19.0. The molecule has 2 aliphatic heterocycles. The van der Waals surface area contributed by atoms with Crippen molar-refractivity contribution in [2.45, 2.75) is 36.5 Å². The van der Waals surface area contributed by atoms with Crippen molar-refractivity contribution in [2.75, 3.05) is 33.0 Å². The van der Waals surface area contributed by atoms with E-state index >= 15 is 0 Å². The summed E-state index contributed by atoms with van der Waals surface area (Å²) < 4.78 is 36.4. The first-order chi connectivity index (χ1) is 15.6. The number of hydrogen-bond donors (Lipinski definition) is 0. The van der Waals surface area contributed by atoms with Gasteiger partial charge in [-0.15, -0.1) is 0 Å². The molecule has 1 spiro atoms. The summed E-state index contributed by atoms with van der Waals surface area (Å²) in [5.41, 5.74) is 3.08. The van der Waals surface area contributed by atoms with Crippen LogP contribution < -0.4 is 39.3 Å². The van der Waals surface area contributed by atoms with Gasteiger partial charge in [-0.05, 0) is 24.0 Å². The third-order valence-electron chi connectivity index (χ3n) is 5.94. The summed E-state index contributed by atoms with van der Waals surface area (Å²) in [5, 5.41) is 0.331. The number of nitrogens with zero attached hydrogens (tertiary/aromatic N) is 3. The van der Waals surface area contributed by atoms with Gasteiger partial charge in [0.25, 0.3) is 0 Å². The number of ether oxygens (including phenoxy) is 4. The molecule has 0 N–H and O–H groups in total. The van der Waals surface area contributed by atoms with Gasteiger partial charge in [0.15, 0.2) is 5.79 Å². The van der Waals surface area contributed by atoms with E-state index in [1.54, 1.807) is 6.20 Å². The largest absolute Gasteiger partial charge is 1.00 e. The Morgan fingerprint density at radius 1 is 1.18 bits per heavy atom. The number of hydrogen-bond acceptors (Lipinski definition) is 7. The molecule has 33 heavy (non-hydrogen) atoms. The maximum Gasteiger partial charge on any atom is 1.00 e. The monoisotopic (exact) mass is 479 g/mol. The summed E-state index contributed by atoms with van der Waals surface area (Å²) in [4.78, 5) is 13.2. The van der Waals surface area contributed by atoms with Crippen LogP contribution in [0, 0.1) is 12.8 Å². The first-order valence-corrected chi connectivity index (χ1v) is 12.1. The molecule has 2 aromatic heterocycles. The first-order valence-electron chi connectivity index (χ1n) is 10.8. The molecule has 8 nitrogen and oxygen atoms in total. The minimum absolute atomic E-state index is 0. The molecule has 2 saturated heterocycles. The van der Waals surface area contributed by atoms with Crippen molar-refractivity contribution >= 4 is 21.8 Å². The second-order valence-corrected chi connectivity index (χ2v) is 9.53. The number of imidazole rings is 1. The molecule has 1 atom stereocenters. The Balaban J connectivity index is 0.00000259. The van der Waals surface area contributed by atoms with Crippen LogP contribution >= 0.6 is 0 Å². The van der Waals surface area contributed by atoms with E-state index in [2.05, 4.69) is 15.0 Å². The summed E-state index contributed by atoms with van der Waals surface area (Å²) >= 11 is 0. The Morgan fingerprint density at radius 3 is 2.70 bits per heavy atom. The van der Waals surface area contributed by atoms with Crippen molar-refractivity contribution in [3.63, 3.8) is 0 Å². The molecule has 5 rings (SSSR count). The maximum absolute atomic E-state index is 12.9. The third-order valence-corrected chi connectivity index (χ3v) is 7.06. The van der Waals surface area contributed by atoms with Crippen molar-refractivity contribution in [1.82, 2.24) is 15.0 Å². The standard InChI is InChI=1S/C23H26N3O5S.Na/c1-16-20(15-32(27)22-25-18-4-2-3-5-19(18)26-22)24-9-6-21(16)29-12-17-13-30-23(31-14-17)7-10-28-11-8-23;/h2-6,9,17H,7-8,10-15H2,1H3;/q-1;+1. The van der Waals surface area contributed by atoms with Crippen LogP contribution in [0.3, 0.4) is 0 Å². The minimum Gasteiger partial charge on any atom is -0.493 e. The van der Waals surface area contributed by atoms with Gasteiger partial charge in [-0.3, -0.25) is 9.19 Å². The van der Waals surface area contributed by atoms with Gasteiger partial charge in [0.2, 0.25) is 0 Å². The Hall–Kier alpha value is -1.33. The third kappa shape index (κ3) is 5.67. The summed E-state index contributed by atoms with van der Waals surface area (Å²) in [6, 6.07) is 9.34. The zero-order chi connectivity index (χ0) is 22.0. The average Bonchev–Trinajstić information content (AvgIpc) is 3.26. The molecular weight excluding hydrogens is 453 g/mol. The molecule has 1 aromatic carbocycles. The average molecular weight is 480 g/mol. The fourth-order valence-electron chi connectivity index (χ4n) is 3.94. The summed E-state index contributed by atoms with van der Waals surface area (Å²) in [5.74, 6) is 0.636. The van der Waals surface area contributed by atoms with Crippen LogP contribution in [0.1, 0.15) is 24.1 Å². The van der Waals surface area contributed by atoms with Gasteiger partial charge in [-0.25, -0.2) is 0 Å². The maximum atomic E-state index is 12.9. The van der Waals surface area contributed by atoms with E-state index in [-0.39, 0.29) is 41.2 Å². The zero-order valence-corrected chi connectivity index (χ0v) is 21.8. The van der Waals surface area contributed by atoms with Crippen molar-refractivity contribution in [1.29, 1.82) is 0 Å². The minimum atomic E-state index is -1.39. The summed E-state index contributed by atoms with van der Waals surface area (Å²) in [6.45, 7) is 4.96. The fourth-order valence-corrected chi connectivity index (χ4v) is 5.01. The van der Waals surface area contributed by atoms with E-state index < -0.39 is 16.6 Å². The summed E-state index contributed by atoms with van der Waals surface area (Å²) in [7, 11) is -1.39. The molecule has 0 aliphatic carbocycles. The van der Waals surface area contributed by atoms with Crippen molar-refractivity contribution in [3.8, 4) is 5.75 Å². The molecule has 170 valence electrons. The van der Waals surface area contributed by atoms with Gasteiger partial charge < -0.3 is 28.9 Å². The summed E-state index contributed by atoms with van der Waals surface area (Å²) in [6.07, 6.45) is 3.22. The van der Waals surface area contributed by atoms with Crippen molar-refractivity contribution in [2.24, 2.45) is 5.92 Å². The molecule has 3 aromatic rings. The Labute approximate surface area is 217 Å². The molecular formula is C23H26N3NaO5S. The quantitative estimate of drug-likeness (QED) is 0.447. The molecule has 2 fully saturated rings. The van der Waals surface area contributed by atoms with Crippen molar-refractivity contribution in [3.05, 3.63) is 47.8 Å².